The smallest absolute Gasteiger partial charge is 0.405 e. The van der Waals surface area contributed by atoms with E-state index in [2.05, 4.69) is 31.3 Å². The van der Waals surface area contributed by atoms with E-state index < -0.39 is 11.6 Å². The first-order valence-electron chi connectivity index (χ1n) is 6.98. The Morgan fingerprint density at radius 1 is 1.22 bits per heavy atom. The molecule has 0 aliphatic carbocycles. The largest absolute Gasteiger partial charge is 0.465 e. The molecule has 0 aliphatic heterocycles. The van der Waals surface area contributed by atoms with E-state index >= 15 is 0 Å². The fraction of sp³-hybridized carbons (Fsp3) is 0.188. The van der Waals surface area contributed by atoms with Crippen LogP contribution in [-0.4, -0.2) is 25.8 Å². The molecule has 23 heavy (non-hydrogen) atoms. The van der Waals surface area contributed by atoms with Crippen LogP contribution in [0.25, 0.3) is 16.8 Å². The van der Waals surface area contributed by atoms with E-state index in [-0.39, 0.29) is 0 Å². The van der Waals surface area contributed by atoms with Crippen molar-refractivity contribution in [2.75, 3.05) is 0 Å². The van der Waals surface area contributed by atoms with Gasteiger partial charge in [0.15, 0.2) is 5.65 Å². The van der Waals surface area contributed by atoms with Crippen LogP contribution in [0.3, 0.4) is 0 Å². The van der Waals surface area contributed by atoms with Gasteiger partial charge in [-0.3, -0.25) is 0 Å². The summed E-state index contributed by atoms with van der Waals surface area (Å²) in [5.74, 6) is 0. The normalized spacial score (nSPS) is 11.6. The number of aromatic nitrogens is 3. The fourth-order valence-electron chi connectivity index (χ4n) is 2.41. The summed E-state index contributed by atoms with van der Waals surface area (Å²) >= 11 is 3.40. The second kappa shape index (κ2) is 5.66. The number of carbonyl (C=O) groups is 1. The molecule has 2 N–H and O–H groups in total. The van der Waals surface area contributed by atoms with E-state index in [1.54, 1.807) is 16.9 Å². The van der Waals surface area contributed by atoms with Crippen molar-refractivity contribution in [3.63, 3.8) is 0 Å². The van der Waals surface area contributed by atoms with Gasteiger partial charge in [-0.1, -0.05) is 24.3 Å². The van der Waals surface area contributed by atoms with Crippen LogP contribution >= 0.6 is 15.9 Å². The van der Waals surface area contributed by atoms with Crippen LogP contribution in [0.15, 0.2) is 47.3 Å². The van der Waals surface area contributed by atoms with Gasteiger partial charge in [0.2, 0.25) is 0 Å². The minimum atomic E-state index is -1.04. The van der Waals surface area contributed by atoms with Gasteiger partial charge < -0.3 is 10.4 Å². The van der Waals surface area contributed by atoms with Gasteiger partial charge in [0, 0.05) is 18.0 Å². The summed E-state index contributed by atoms with van der Waals surface area (Å²) in [7, 11) is 0. The SMILES string of the molecule is CC(C)(NC(=O)O)c1ccc(-c2cnc3c(Br)cnn3c2)cc1. The van der Waals surface area contributed by atoms with Crippen molar-refractivity contribution in [2.24, 2.45) is 0 Å². The Bertz CT molecular complexity index is 871. The van der Waals surface area contributed by atoms with Crippen molar-refractivity contribution in [3.05, 3.63) is 52.9 Å². The second-order valence-corrected chi connectivity index (χ2v) is 6.59. The number of benzene rings is 1. The lowest BCUT2D eigenvalue weighted by molar-refractivity contribution is 0.182. The first-order chi connectivity index (χ1) is 10.9. The molecular weight excluding hydrogens is 360 g/mol. The van der Waals surface area contributed by atoms with Crippen molar-refractivity contribution in [2.45, 2.75) is 19.4 Å². The zero-order chi connectivity index (χ0) is 16.6. The molecule has 0 fully saturated rings. The minimum absolute atomic E-state index is 0.653. The van der Waals surface area contributed by atoms with Crippen LogP contribution < -0.4 is 5.32 Å². The number of nitrogens with one attached hydrogen (secondary N) is 1. The molecule has 118 valence electrons. The predicted molar refractivity (Wildman–Crippen MR) is 90.3 cm³/mol. The van der Waals surface area contributed by atoms with Crippen molar-refractivity contribution in [1.29, 1.82) is 0 Å². The Labute approximate surface area is 141 Å². The zero-order valence-corrected chi connectivity index (χ0v) is 14.2. The topological polar surface area (TPSA) is 79.5 Å². The van der Waals surface area contributed by atoms with Crippen LogP contribution in [0, 0.1) is 0 Å². The van der Waals surface area contributed by atoms with Crippen LogP contribution in [0.5, 0.6) is 0 Å². The molecule has 0 saturated heterocycles. The second-order valence-electron chi connectivity index (χ2n) is 5.74. The van der Waals surface area contributed by atoms with Gasteiger partial charge in [-0.25, -0.2) is 14.3 Å². The number of halogens is 1. The summed E-state index contributed by atoms with van der Waals surface area (Å²) in [5, 5.41) is 15.6. The summed E-state index contributed by atoms with van der Waals surface area (Å²) in [4.78, 5) is 15.3. The maximum atomic E-state index is 10.9. The molecule has 6 nitrogen and oxygen atoms in total. The molecule has 0 radical (unpaired) electrons. The van der Waals surface area contributed by atoms with Crippen molar-refractivity contribution in [3.8, 4) is 11.1 Å². The molecule has 1 aromatic carbocycles. The first-order valence-corrected chi connectivity index (χ1v) is 7.77. The lowest BCUT2D eigenvalue weighted by Gasteiger charge is -2.25. The molecule has 0 bridgehead atoms. The van der Waals surface area contributed by atoms with Gasteiger partial charge in [-0.05, 0) is 40.9 Å². The molecule has 2 aromatic heterocycles. The monoisotopic (exact) mass is 374 g/mol. The average molecular weight is 375 g/mol. The predicted octanol–water partition coefficient (Wildman–Crippen LogP) is 3.66. The van der Waals surface area contributed by atoms with Crippen LogP contribution in [0.2, 0.25) is 0 Å². The van der Waals surface area contributed by atoms with Crippen molar-refractivity contribution < 1.29 is 9.90 Å². The average Bonchev–Trinajstić information content (AvgIpc) is 2.87. The number of nitrogens with zero attached hydrogens (tertiary/aromatic N) is 3. The molecule has 0 unspecified atom stereocenters. The molecule has 0 spiro atoms. The lowest BCUT2D eigenvalue weighted by atomic mass is 9.93. The Balaban J connectivity index is 1.93. The number of hydrogen-bond donors (Lipinski definition) is 2. The van der Waals surface area contributed by atoms with Gasteiger partial charge in [0.25, 0.3) is 0 Å². The van der Waals surface area contributed by atoms with E-state index in [4.69, 9.17) is 5.11 Å². The highest BCUT2D eigenvalue weighted by Gasteiger charge is 2.22. The van der Waals surface area contributed by atoms with Crippen LogP contribution in [-0.2, 0) is 5.54 Å². The van der Waals surface area contributed by atoms with Gasteiger partial charge >= 0.3 is 6.09 Å². The third kappa shape index (κ3) is 3.05. The molecule has 2 heterocycles. The Hall–Kier alpha value is -2.41. The summed E-state index contributed by atoms with van der Waals surface area (Å²) < 4.78 is 2.56. The molecule has 0 saturated carbocycles. The van der Waals surface area contributed by atoms with Crippen molar-refractivity contribution >= 4 is 27.7 Å². The molecule has 3 aromatic rings. The number of carboxylic acid groups (broad SMARTS) is 1. The molecule has 1 amide bonds. The quantitative estimate of drug-likeness (QED) is 0.732. The molecule has 0 aliphatic rings. The fourth-order valence-corrected chi connectivity index (χ4v) is 2.79. The number of hydrogen-bond acceptors (Lipinski definition) is 3. The maximum Gasteiger partial charge on any atom is 0.405 e. The Kier molecular flexibility index (Phi) is 3.81. The van der Waals surface area contributed by atoms with Crippen molar-refractivity contribution in [1.82, 2.24) is 19.9 Å². The lowest BCUT2D eigenvalue weighted by Crippen LogP contribution is -2.39. The summed E-state index contributed by atoms with van der Waals surface area (Å²) in [6.07, 6.45) is 4.35. The van der Waals surface area contributed by atoms with Crippen LogP contribution in [0.1, 0.15) is 19.4 Å². The highest BCUT2D eigenvalue weighted by atomic mass is 79.9. The maximum absolute atomic E-state index is 10.9. The van der Waals surface area contributed by atoms with E-state index in [0.29, 0.717) is 0 Å². The summed E-state index contributed by atoms with van der Waals surface area (Å²) in [6.45, 7) is 3.65. The number of amides is 1. The third-order valence-corrected chi connectivity index (χ3v) is 4.23. The summed E-state index contributed by atoms with van der Waals surface area (Å²) in [6, 6.07) is 7.72. The summed E-state index contributed by atoms with van der Waals surface area (Å²) in [5.41, 5.74) is 2.92. The van der Waals surface area contributed by atoms with Gasteiger partial charge in [-0.15, -0.1) is 0 Å². The highest BCUT2D eigenvalue weighted by Crippen LogP contribution is 2.25. The van der Waals surface area contributed by atoms with Gasteiger partial charge in [0.1, 0.15) is 0 Å². The standard InChI is InChI=1S/C16H15BrN4O2/c1-16(2,20-15(22)23)12-5-3-10(4-6-12)11-7-18-14-13(17)8-19-21(14)9-11/h3-9,20H,1-2H3,(H,22,23). The molecular formula is C16H15BrN4O2. The third-order valence-electron chi connectivity index (χ3n) is 3.67. The minimum Gasteiger partial charge on any atom is -0.465 e. The van der Waals surface area contributed by atoms with Crippen LogP contribution in [0.4, 0.5) is 4.79 Å². The Morgan fingerprint density at radius 2 is 1.91 bits per heavy atom. The molecule has 3 rings (SSSR count). The first kappa shape index (κ1) is 15.5. The highest BCUT2D eigenvalue weighted by molar-refractivity contribution is 9.10. The molecule has 0 atom stereocenters. The number of fused-ring (bicyclic) bond motifs is 1. The van der Waals surface area contributed by atoms with E-state index in [0.717, 1.165) is 26.8 Å². The van der Waals surface area contributed by atoms with E-state index in [1.807, 2.05) is 44.3 Å². The van der Waals surface area contributed by atoms with E-state index in [1.165, 1.54) is 0 Å². The van der Waals surface area contributed by atoms with E-state index in [9.17, 15) is 4.79 Å². The number of rotatable bonds is 3. The van der Waals surface area contributed by atoms with Gasteiger partial charge in [-0.2, -0.15) is 5.10 Å². The Morgan fingerprint density at radius 3 is 2.57 bits per heavy atom. The van der Waals surface area contributed by atoms with Gasteiger partial charge in [0.05, 0.1) is 16.2 Å². The molecule has 7 heteroatoms. The zero-order valence-electron chi connectivity index (χ0n) is 12.6.